The highest BCUT2D eigenvalue weighted by atomic mass is 16.2. The summed E-state index contributed by atoms with van der Waals surface area (Å²) in [6.45, 7) is 2.57. The van der Waals surface area contributed by atoms with E-state index in [2.05, 4.69) is 25.5 Å². The molecule has 2 N–H and O–H groups in total. The van der Waals surface area contributed by atoms with Gasteiger partial charge in [-0.1, -0.05) is 13.3 Å². The minimum atomic E-state index is -0.236. The van der Waals surface area contributed by atoms with Gasteiger partial charge >= 0.3 is 0 Å². The molecule has 9 nitrogen and oxygen atoms in total. The van der Waals surface area contributed by atoms with Crippen LogP contribution in [0, 0.1) is 5.92 Å². The Morgan fingerprint density at radius 2 is 2.32 bits per heavy atom. The van der Waals surface area contributed by atoms with Crippen molar-refractivity contribution in [3.05, 3.63) is 40.1 Å². The standard InChI is InChI=1S/C16H19N7O2/c1-2-3-11-8-13(24)23-16(18-11)20-15(21-23)19-14(25)10-4-5-12-6-7-17-22(12)9-10/h6-8,10H,2-5,9H2,1H3,(H2,18,19,20,21,25). The molecule has 0 saturated carbocycles. The molecule has 1 aliphatic rings. The zero-order valence-electron chi connectivity index (χ0n) is 13.9. The van der Waals surface area contributed by atoms with Crippen molar-refractivity contribution in [1.29, 1.82) is 0 Å². The van der Waals surface area contributed by atoms with Crippen LogP contribution in [0.5, 0.6) is 0 Å². The maximum Gasteiger partial charge on any atom is 0.274 e. The van der Waals surface area contributed by atoms with Gasteiger partial charge in [0.05, 0.1) is 18.2 Å². The number of carbonyl (C=O) groups excluding carboxylic acids is 1. The molecule has 0 radical (unpaired) electrons. The summed E-state index contributed by atoms with van der Waals surface area (Å²) in [5, 5.41) is 9.78. The summed E-state index contributed by atoms with van der Waals surface area (Å²) in [7, 11) is 0. The molecule has 0 fully saturated rings. The van der Waals surface area contributed by atoms with E-state index in [1.54, 1.807) is 6.20 Å². The van der Waals surface area contributed by atoms with Gasteiger partial charge in [-0.3, -0.25) is 24.7 Å². The van der Waals surface area contributed by atoms with Crippen molar-refractivity contribution >= 4 is 17.6 Å². The van der Waals surface area contributed by atoms with Crippen molar-refractivity contribution in [2.75, 3.05) is 5.32 Å². The zero-order valence-corrected chi connectivity index (χ0v) is 13.9. The largest absolute Gasteiger partial charge is 0.295 e. The molecule has 1 atom stereocenters. The lowest BCUT2D eigenvalue weighted by Crippen LogP contribution is -2.31. The van der Waals surface area contributed by atoms with E-state index < -0.39 is 0 Å². The third kappa shape index (κ3) is 2.92. The molecule has 0 aromatic carbocycles. The molecule has 4 heterocycles. The fraction of sp³-hybridized carbons (Fsp3) is 0.438. The van der Waals surface area contributed by atoms with Crippen LogP contribution in [0.3, 0.4) is 0 Å². The Bertz CT molecular complexity index is 984. The number of aromatic amines is 1. The first-order chi connectivity index (χ1) is 12.1. The Morgan fingerprint density at radius 3 is 3.16 bits per heavy atom. The van der Waals surface area contributed by atoms with Crippen molar-refractivity contribution in [1.82, 2.24) is 29.4 Å². The highest BCUT2D eigenvalue weighted by molar-refractivity contribution is 5.91. The summed E-state index contributed by atoms with van der Waals surface area (Å²) in [5.74, 6) is 0.182. The second kappa shape index (κ2) is 6.15. The Morgan fingerprint density at radius 1 is 1.44 bits per heavy atom. The number of H-pyrrole nitrogens is 1. The number of fused-ring (bicyclic) bond motifs is 2. The van der Waals surface area contributed by atoms with Gasteiger partial charge in [0.2, 0.25) is 11.9 Å². The fourth-order valence-corrected chi connectivity index (χ4v) is 3.16. The van der Waals surface area contributed by atoms with Gasteiger partial charge in [0.25, 0.3) is 11.3 Å². The number of hydrogen-bond acceptors (Lipinski definition) is 5. The molecule has 0 aliphatic carbocycles. The number of carbonyl (C=O) groups is 1. The van der Waals surface area contributed by atoms with E-state index in [0.29, 0.717) is 18.7 Å². The van der Waals surface area contributed by atoms with Gasteiger partial charge in [0, 0.05) is 18.0 Å². The Labute approximate surface area is 143 Å². The van der Waals surface area contributed by atoms with E-state index in [4.69, 9.17) is 0 Å². The smallest absolute Gasteiger partial charge is 0.274 e. The minimum absolute atomic E-state index is 0.137. The van der Waals surface area contributed by atoms with Crippen LogP contribution in [-0.2, 0) is 24.2 Å². The summed E-state index contributed by atoms with van der Waals surface area (Å²) in [6.07, 6.45) is 4.94. The zero-order chi connectivity index (χ0) is 17.4. The van der Waals surface area contributed by atoms with Crippen LogP contribution >= 0.6 is 0 Å². The molecular weight excluding hydrogens is 322 g/mol. The van der Waals surface area contributed by atoms with Gasteiger partial charge in [-0.05, 0) is 25.3 Å². The molecule has 0 bridgehead atoms. The number of anilines is 1. The summed E-state index contributed by atoms with van der Waals surface area (Å²) < 4.78 is 3.09. The second-order valence-corrected chi connectivity index (χ2v) is 6.27. The van der Waals surface area contributed by atoms with Crippen LogP contribution in [0.4, 0.5) is 5.95 Å². The Hall–Kier alpha value is -2.97. The molecule has 0 saturated heterocycles. The van der Waals surface area contributed by atoms with E-state index in [-0.39, 0.29) is 29.1 Å². The first-order valence-electron chi connectivity index (χ1n) is 8.44. The molecule has 3 aromatic heterocycles. The van der Waals surface area contributed by atoms with Crippen molar-refractivity contribution in [3.63, 3.8) is 0 Å². The highest BCUT2D eigenvalue weighted by Gasteiger charge is 2.25. The van der Waals surface area contributed by atoms with E-state index in [0.717, 1.165) is 25.0 Å². The van der Waals surface area contributed by atoms with Crippen LogP contribution in [-0.4, -0.2) is 35.3 Å². The molecule has 1 unspecified atom stereocenters. The quantitative estimate of drug-likeness (QED) is 0.728. The molecule has 130 valence electrons. The second-order valence-electron chi connectivity index (χ2n) is 6.27. The lowest BCUT2D eigenvalue weighted by molar-refractivity contribution is -0.120. The van der Waals surface area contributed by atoms with Crippen LogP contribution in [0.1, 0.15) is 31.2 Å². The molecular formula is C16H19N7O2. The number of nitrogens with zero attached hydrogens (tertiary/aromatic N) is 5. The molecule has 9 heteroatoms. The van der Waals surface area contributed by atoms with Crippen molar-refractivity contribution in [3.8, 4) is 0 Å². The van der Waals surface area contributed by atoms with Crippen LogP contribution < -0.4 is 10.9 Å². The normalized spacial score (nSPS) is 16.8. The predicted octanol–water partition coefficient (Wildman–Crippen LogP) is 0.768. The first kappa shape index (κ1) is 15.6. The summed E-state index contributed by atoms with van der Waals surface area (Å²) >= 11 is 0. The van der Waals surface area contributed by atoms with Crippen molar-refractivity contribution in [2.24, 2.45) is 5.92 Å². The fourth-order valence-electron chi connectivity index (χ4n) is 3.16. The summed E-state index contributed by atoms with van der Waals surface area (Å²) in [5.41, 5.74) is 1.61. The topological polar surface area (TPSA) is 110 Å². The van der Waals surface area contributed by atoms with Crippen LogP contribution in [0.15, 0.2) is 23.1 Å². The maximum absolute atomic E-state index is 12.5. The Kier molecular flexibility index (Phi) is 3.83. The van der Waals surface area contributed by atoms with E-state index in [9.17, 15) is 9.59 Å². The predicted molar refractivity (Wildman–Crippen MR) is 90.3 cm³/mol. The summed E-state index contributed by atoms with van der Waals surface area (Å²) in [6, 6.07) is 3.46. The number of nitrogens with one attached hydrogen (secondary N) is 2. The third-order valence-electron chi connectivity index (χ3n) is 4.45. The molecule has 3 aromatic rings. The molecule has 1 amide bonds. The first-order valence-corrected chi connectivity index (χ1v) is 8.44. The van der Waals surface area contributed by atoms with Gasteiger partial charge in [-0.2, -0.15) is 14.6 Å². The lowest BCUT2D eigenvalue weighted by atomic mass is 9.97. The lowest BCUT2D eigenvalue weighted by Gasteiger charge is -2.22. The monoisotopic (exact) mass is 341 g/mol. The van der Waals surface area contributed by atoms with E-state index >= 15 is 0 Å². The number of amides is 1. The van der Waals surface area contributed by atoms with Crippen molar-refractivity contribution < 1.29 is 4.79 Å². The van der Waals surface area contributed by atoms with Crippen LogP contribution in [0.25, 0.3) is 5.78 Å². The molecule has 25 heavy (non-hydrogen) atoms. The SMILES string of the molecule is CCCc1cc(=O)n2[nH]c(NC(=O)C3CCc4ccnn4C3)nc2n1. The number of rotatable bonds is 4. The van der Waals surface area contributed by atoms with Crippen molar-refractivity contribution in [2.45, 2.75) is 39.2 Å². The van der Waals surface area contributed by atoms with E-state index in [1.807, 2.05) is 17.7 Å². The van der Waals surface area contributed by atoms with Gasteiger partial charge in [-0.25, -0.2) is 4.98 Å². The minimum Gasteiger partial charge on any atom is -0.295 e. The van der Waals surface area contributed by atoms with Gasteiger partial charge in [0.1, 0.15) is 0 Å². The van der Waals surface area contributed by atoms with Gasteiger partial charge < -0.3 is 0 Å². The highest BCUT2D eigenvalue weighted by Crippen LogP contribution is 2.20. The average molecular weight is 341 g/mol. The number of aryl methyl sites for hydroxylation is 2. The third-order valence-corrected chi connectivity index (χ3v) is 4.45. The Balaban J connectivity index is 1.53. The van der Waals surface area contributed by atoms with Gasteiger partial charge in [0.15, 0.2) is 0 Å². The molecule has 0 spiro atoms. The maximum atomic E-state index is 12.5. The average Bonchev–Trinajstić information content (AvgIpc) is 3.20. The molecule has 1 aliphatic heterocycles. The van der Waals surface area contributed by atoms with E-state index in [1.165, 1.54) is 10.6 Å². The number of hydrogen-bond donors (Lipinski definition) is 2. The number of aromatic nitrogens is 6. The molecule has 4 rings (SSSR count). The van der Waals surface area contributed by atoms with Crippen LogP contribution in [0.2, 0.25) is 0 Å². The summed E-state index contributed by atoms with van der Waals surface area (Å²) in [4.78, 5) is 33.2. The van der Waals surface area contributed by atoms with Gasteiger partial charge in [-0.15, -0.1) is 0 Å².